The van der Waals surface area contributed by atoms with Crippen LogP contribution in [0.15, 0.2) is 84.9 Å². The van der Waals surface area contributed by atoms with E-state index in [9.17, 15) is 0 Å². The Bertz CT molecular complexity index is 1180. The third kappa shape index (κ3) is 3.17. The van der Waals surface area contributed by atoms with Crippen LogP contribution in [-0.4, -0.2) is 5.84 Å². The summed E-state index contributed by atoms with van der Waals surface area (Å²) in [5.41, 5.74) is 11.3. The Morgan fingerprint density at radius 2 is 1.26 bits per heavy atom. The van der Waals surface area contributed by atoms with Crippen LogP contribution >= 0.6 is 0 Å². The summed E-state index contributed by atoms with van der Waals surface area (Å²) in [5, 5.41) is 19.1. The van der Waals surface area contributed by atoms with Crippen LogP contribution in [0.4, 0.5) is 0 Å². The van der Waals surface area contributed by atoms with Gasteiger partial charge in [0.2, 0.25) is 0 Å². The van der Waals surface area contributed by atoms with Gasteiger partial charge in [-0.25, -0.2) is 0 Å². The lowest BCUT2D eigenvalue weighted by molar-refractivity contribution is 1.43. The maximum atomic E-state index is 8.93. The van der Waals surface area contributed by atoms with Gasteiger partial charge in [0.1, 0.15) is 5.84 Å². The van der Waals surface area contributed by atoms with E-state index in [0.717, 1.165) is 38.6 Å². The number of amidine groups is 1. The molecular weight excluding hydrogens is 330 g/mol. The molecular formula is C24H17N3. The Morgan fingerprint density at radius 3 is 1.81 bits per heavy atom. The number of nitrogen functional groups attached to an aromatic ring is 1. The number of rotatable bonds is 3. The van der Waals surface area contributed by atoms with Gasteiger partial charge in [0.15, 0.2) is 0 Å². The third-order valence-electron chi connectivity index (χ3n) is 4.72. The minimum absolute atomic E-state index is 0.0620. The van der Waals surface area contributed by atoms with Crippen LogP contribution in [0.5, 0.6) is 0 Å². The molecule has 0 bridgehead atoms. The fourth-order valence-corrected chi connectivity index (χ4v) is 3.28. The smallest absolute Gasteiger partial charge is 0.123 e. The molecule has 3 heteroatoms. The zero-order valence-electron chi connectivity index (χ0n) is 14.6. The second-order valence-corrected chi connectivity index (χ2v) is 6.43. The molecule has 3 nitrogen and oxygen atoms in total. The molecule has 0 amide bonds. The molecule has 0 atom stereocenters. The van der Waals surface area contributed by atoms with Crippen LogP contribution in [0.25, 0.3) is 33.0 Å². The first-order valence-electron chi connectivity index (χ1n) is 8.64. The zero-order chi connectivity index (χ0) is 18.8. The van der Waals surface area contributed by atoms with E-state index in [-0.39, 0.29) is 5.84 Å². The van der Waals surface area contributed by atoms with Crippen molar-refractivity contribution in [3.63, 3.8) is 0 Å². The highest BCUT2D eigenvalue weighted by atomic mass is 14.7. The minimum atomic E-state index is 0.0620. The van der Waals surface area contributed by atoms with Gasteiger partial charge >= 0.3 is 0 Å². The number of nitrogens with zero attached hydrogens (tertiary/aromatic N) is 1. The van der Waals surface area contributed by atoms with E-state index >= 15 is 0 Å². The first-order valence-corrected chi connectivity index (χ1v) is 8.64. The molecule has 4 aromatic carbocycles. The summed E-state index contributed by atoms with van der Waals surface area (Å²) in [4.78, 5) is 0. The summed E-state index contributed by atoms with van der Waals surface area (Å²) in [5.74, 6) is 0.0620. The quantitative estimate of drug-likeness (QED) is 0.388. The van der Waals surface area contributed by atoms with Gasteiger partial charge < -0.3 is 5.73 Å². The monoisotopic (exact) mass is 347 g/mol. The molecule has 0 heterocycles. The molecule has 0 spiro atoms. The molecule has 0 saturated carbocycles. The van der Waals surface area contributed by atoms with Crippen LogP contribution in [0.2, 0.25) is 0 Å². The highest BCUT2D eigenvalue weighted by Gasteiger charge is 2.10. The molecule has 0 aliphatic rings. The maximum Gasteiger partial charge on any atom is 0.123 e. The lowest BCUT2D eigenvalue weighted by Crippen LogP contribution is -2.12. The summed E-state index contributed by atoms with van der Waals surface area (Å²) in [6.07, 6.45) is 0. The molecule has 0 unspecified atom stereocenters. The Morgan fingerprint density at radius 1 is 0.741 bits per heavy atom. The highest BCUT2D eigenvalue weighted by molar-refractivity contribution is 6.06. The third-order valence-corrected chi connectivity index (χ3v) is 4.72. The number of fused-ring (bicyclic) bond motifs is 1. The van der Waals surface area contributed by atoms with Gasteiger partial charge in [-0.3, -0.25) is 5.41 Å². The molecule has 0 fully saturated rings. The lowest BCUT2D eigenvalue weighted by Gasteiger charge is -2.12. The van der Waals surface area contributed by atoms with E-state index in [4.69, 9.17) is 16.4 Å². The normalized spacial score (nSPS) is 10.5. The van der Waals surface area contributed by atoms with Crippen molar-refractivity contribution in [2.24, 2.45) is 5.73 Å². The number of benzene rings is 4. The van der Waals surface area contributed by atoms with Crippen molar-refractivity contribution < 1.29 is 0 Å². The molecule has 27 heavy (non-hydrogen) atoms. The van der Waals surface area contributed by atoms with Gasteiger partial charge in [-0.1, -0.05) is 60.7 Å². The van der Waals surface area contributed by atoms with E-state index in [1.807, 2.05) is 60.7 Å². The van der Waals surface area contributed by atoms with Crippen molar-refractivity contribution in [1.82, 2.24) is 0 Å². The maximum absolute atomic E-state index is 8.93. The first kappa shape index (κ1) is 16.6. The van der Waals surface area contributed by atoms with E-state index in [2.05, 4.69) is 30.3 Å². The van der Waals surface area contributed by atoms with E-state index in [1.165, 1.54) is 0 Å². The molecule has 0 aliphatic carbocycles. The van der Waals surface area contributed by atoms with Gasteiger partial charge in [0, 0.05) is 5.56 Å². The van der Waals surface area contributed by atoms with Gasteiger partial charge in [-0.05, 0) is 57.3 Å². The van der Waals surface area contributed by atoms with Crippen LogP contribution in [0.3, 0.4) is 0 Å². The van der Waals surface area contributed by atoms with Gasteiger partial charge in [-0.2, -0.15) is 5.26 Å². The van der Waals surface area contributed by atoms with Crippen molar-refractivity contribution >= 4 is 16.6 Å². The SMILES string of the molecule is N#Cc1ccc(-c2ccc(-c3cc4ccccc4cc3C(=N)N)cc2)cc1. The summed E-state index contributed by atoms with van der Waals surface area (Å²) in [6, 6.07) is 30.0. The number of nitrogens with one attached hydrogen (secondary N) is 1. The molecule has 0 aromatic heterocycles. The van der Waals surface area contributed by atoms with Crippen molar-refractivity contribution in [2.75, 3.05) is 0 Å². The number of nitrogens with two attached hydrogens (primary N) is 1. The average Bonchev–Trinajstić information content (AvgIpc) is 2.73. The van der Waals surface area contributed by atoms with E-state index in [0.29, 0.717) is 5.56 Å². The van der Waals surface area contributed by atoms with Crippen LogP contribution in [0.1, 0.15) is 11.1 Å². The molecule has 0 aliphatic heterocycles. The number of hydrogen-bond donors (Lipinski definition) is 2. The molecule has 0 saturated heterocycles. The van der Waals surface area contributed by atoms with Crippen LogP contribution in [-0.2, 0) is 0 Å². The number of nitriles is 1. The fraction of sp³-hybridized carbons (Fsp3) is 0. The number of hydrogen-bond acceptors (Lipinski definition) is 2. The van der Waals surface area contributed by atoms with Gasteiger partial charge in [0.05, 0.1) is 11.6 Å². The van der Waals surface area contributed by atoms with Crippen molar-refractivity contribution in [2.45, 2.75) is 0 Å². The second kappa shape index (κ2) is 6.78. The lowest BCUT2D eigenvalue weighted by atomic mass is 9.93. The predicted octanol–water partition coefficient (Wildman–Crippen LogP) is 5.33. The van der Waals surface area contributed by atoms with E-state index in [1.54, 1.807) is 0 Å². The van der Waals surface area contributed by atoms with Gasteiger partial charge in [-0.15, -0.1) is 0 Å². The van der Waals surface area contributed by atoms with Crippen molar-refractivity contribution in [1.29, 1.82) is 10.7 Å². The molecule has 128 valence electrons. The zero-order valence-corrected chi connectivity index (χ0v) is 14.6. The predicted molar refractivity (Wildman–Crippen MR) is 111 cm³/mol. The first-order chi connectivity index (χ1) is 13.2. The Kier molecular flexibility index (Phi) is 4.16. The van der Waals surface area contributed by atoms with Crippen molar-refractivity contribution in [3.8, 4) is 28.3 Å². The molecule has 0 radical (unpaired) electrons. The Labute approximate surface area is 157 Å². The van der Waals surface area contributed by atoms with Crippen LogP contribution in [0, 0.1) is 16.7 Å². The van der Waals surface area contributed by atoms with Gasteiger partial charge in [0.25, 0.3) is 0 Å². The summed E-state index contributed by atoms with van der Waals surface area (Å²) in [7, 11) is 0. The highest BCUT2D eigenvalue weighted by Crippen LogP contribution is 2.30. The summed E-state index contributed by atoms with van der Waals surface area (Å²) < 4.78 is 0. The fourth-order valence-electron chi connectivity index (χ4n) is 3.28. The Balaban J connectivity index is 1.78. The largest absolute Gasteiger partial charge is 0.384 e. The van der Waals surface area contributed by atoms with Crippen LogP contribution < -0.4 is 5.73 Å². The van der Waals surface area contributed by atoms with E-state index < -0.39 is 0 Å². The minimum Gasteiger partial charge on any atom is -0.384 e. The molecule has 3 N–H and O–H groups in total. The molecule has 4 rings (SSSR count). The standard InChI is InChI=1S/C24H17N3/c25-15-16-5-7-17(8-6-16)18-9-11-19(12-10-18)22-13-20-3-1-2-4-21(20)14-23(22)24(26)27/h1-14H,(H3,26,27). The average molecular weight is 347 g/mol. The topological polar surface area (TPSA) is 73.7 Å². The molecule has 4 aromatic rings. The van der Waals surface area contributed by atoms with Crippen molar-refractivity contribution in [3.05, 3.63) is 96.1 Å². The summed E-state index contributed by atoms with van der Waals surface area (Å²) in [6.45, 7) is 0. The summed E-state index contributed by atoms with van der Waals surface area (Å²) >= 11 is 0. The second-order valence-electron chi connectivity index (χ2n) is 6.43. The Hall–Kier alpha value is -3.90.